The van der Waals surface area contributed by atoms with Gasteiger partial charge in [0.2, 0.25) is 11.5 Å². The van der Waals surface area contributed by atoms with Crippen molar-refractivity contribution >= 4 is 0 Å². The topological polar surface area (TPSA) is 64.6 Å². The summed E-state index contributed by atoms with van der Waals surface area (Å²) in [5.74, 6) is 3.54. The highest BCUT2D eigenvalue weighted by molar-refractivity contribution is 5.56. The Morgan fingerprint density at radius 1 is 0.537 bits per heavy atom. The van der Waals surface area contributed by atoms with Crippen LogP contribution in [-0.2, 0) is 18.0 Å². The van der Waals surface area contributed by atoms with Crippen LogP contribution in [0.5, 0.6) is 34.5 Å². The fraction of sp³-hybridized carbons (Fsp3) is 0.294. The molecule has 4 aromatic rings. The zero-order valence-electron chi connectivity index (χ0n) is 23.9. The van der Waals surface area contributed by atoms with E-state index in [9.17, 15) is 0 Å². The monoisotopic (exact) mass is 556 g/mol. The van der Waals surface area contributed by atoms with Crippen LogP contribution in [0.2, 0.25) is 0 Å². The molecule has 41 heavy (non-hydrogen) atoms. The van der Waals surface area contributed by atoms with Gasteiger partial charge in [-0.3, -0.25) is 0 Å². The summed E-state index contributed by atoms with van der Waals surface area (Å²) in [5, 5.41) is 0. The van der Waals surface area contributed by atoms with Gasteiger partial charge in [0.1, 0.15) is 13.2 Å². The third-order valence-electron chi connectivity index (χ3n) is 7.17. The van der Waals surface area contributed by atoms with E-state index in [1.807, 2.05) is 84.9 Å². The molecule has 7 nitrogen and oxygen atoms in total. The van der Waals surface area contributed by atoms with Gasteiger partial charge in [0.05, 0.1) is 40.6 Å². The van der Waals surface area contributed by atoms with E-state index in [0.717, 1.165) is 35.1 Å². The maximum Gasteiger partial charge on any atom is 0.203 e. The largest absolute Gasteiger partial charge is 0.493 e. The Morgan fingerprint density at radius 3 is 1.32 bits per heavy atom. The molecule has 1 aliphatic rings. The molecule has 1 heterocycles. The summed E-state index contributed by atoms with van der Waals surface area (Å²) in [5.41, 5.74) is 4.06. The van der Waals surface area contributed by atoms with E-state index in [4.69, 9.17) is 33.2 Å². The van der Waals surface area contributed by atoms with Crippen molar-refractivity contribution in [2.75, 3.05) is 28.4 Å². The Morgan fingerprint density at radius 2 is 0.927 bits per heavy atom. The molecule has 0 N–H and O–H groups in total. The van der Waals surface area contributed by atoms with E-state index in [0.29, 0.717) is 47.7 Å². The molecule has 7 heteroatoms. The molecule has 0 aliphatic carbocycles. The Balaban J connectivity index is 1.43. The molecule has 0 bridgehead atoms. The fourth-order valence-corrected chi connectivity index (χ4v) is 5.08. The van der Waals surface area contributed by atoms with E-state index in [1.165, 1.54) is 0 Å². The molecule has 1 fully saturated rings. The van der Waals surface area contributed by atoms with Gasteiger partial charge in [0.15, 0.2) is 23.0 Å². The van der Waals surface area contributed by atoms with Gasteiger partial charge in [-0.25, -0.2) is 0 Å². The predicted octanol–water partition coefficient (Wildman–Crippen LogP) is 7.47. The maximum atomic E-state index is 6.61. The van der Waals surface area contributed by atoms with E-state index in [-0.39, 0.29) is 12.2 Å². The predicted molar refractivity (Wildman–Crippen MR) is 156 cm³/mol. The van der Waals surface area contributed by atoms with Crippen LogP contribution in [-0.4, -0.2) is 28.4 Å². The molecule has 0 saturated carbocycles. The van der Waals surface area contributed by atoms with Crippen LogP contribution in [0.1, 0.15) is 47.3 Å². The number of rotatable bonds is 12. The Kier molecular flexibility index (Phi) is 9.16. The second-order valence-electron chi connectivity index (χ2n) is 9.75. The molecule has 0 spiro atoms. The SMILES string of the molecule is COc1cc([C@@H]2CC[C@@H](c3cc(OCc4ccccc4)c(OC)c(OCc4ccccc4)c3)O2)cc(OC)c1OC. The maximum absolute atomic E-state index is 6.61. The molecule has 5 rings (SSSR count). The zero-order valence-corrected chi connectivity index (χ0v) is 23.9. The third-order valence-corrected chi connectivity index (χ3v) is 7.17. The Hall–Kier alpha value is -4.36. The van der Waals surface area contributed by atoms with Crippen LogP contribution in [0.15, 0.2) is 84.9 Å². The smallest absolute Gasteiger partial charge is 0.203 e. The molecule has 4 aromatic carbocycles. The quantitative estimate of drug-likeness (QED) is 0.179. The number of hydrogen-bond acceptors (Lipinski definition) is 7. The third kappa shape index (κ3) is 6.52. The summed E-state index contributed by atoms with van der Waals surface area (Å²) in [6, 6.07) is 28.0. The van der Waals surface area contributed by atoms with E-state index >= 15 is 0 Å². The second-order valence-corrected chi connectivity index (χ2v) is 9.75. The first kappa shape index (κ1) is 28.2. The highest BCUT2D eigenvalue weighted by Crippen LogP contribution is 2.48. The van der Waals surface area contributed by atoms with E-state index < -0.39 is 0 Å². The first-order chi connectivity index (χ1) is 20.1. The second kappa shape index (κ2) is 13.3. The van der Waals surface area contributed by atoms with E-state index in [2.05, 4.69) is 0 Å². The minimum atomic E-state index is -0.164. The van der Waals surface area contributed by atoms with Gasteiger partial charge < -0.3 is 33.2 Å². The molecule has 0 unspecified atom stereocenters. The first-order valence-corrected chi connectivity index (χ1v) is 13.6. The summed E-state index contributed by atoms with van der Waals surface area (Å²) in [4.78, 5) is 0. The van der Waals surface area contributed by atoms with Crippen LogP contribution in [0.3, 0.4) is 0 Å². The van der Waals surface area contributed by atoms with Crippen LogP contribution in [0.4, 0.5) is 0 Å². The van der Waals surface area contributed by atoms with Crippen LogP contribution >= 0.6 is 0 Å². The van der Waals surface area contributed by atoms with Gasteiger partial charge in [0.25, 0.3) is 0 Å². The molecule has 0 radical (unpaired) electrons. The Labute approximate surface area is 241 Å². The summed E-state index contributed by atoms with van der Waals surface area (Å²) >= 11 is 0. The summed E-state index contributed by atoms with van der Waals surface area (Å²) in [6.45, 7) is 0.802. The van der Waals surface area contributed by atoms with Gasteiger partial charge in [-0.2, -0.15) is 0 Å². The van der Waals surface area contributed by atoms with Crippen molar-refractivity contribution in [2.24, 2.45) is 0 Å². The highest BCUT2D eigenvalue weighted by atomic mass is 16.5. The number of ether oxygens (including phenoxy) is 7. The van der Waals surface area contributed by atoms with Gasteiger partial charge in [-0.05, 0) is 59.4 Å². The highest BCUT2D eigenvalue weighted by Gasteiger charge is 2.31. The number of methoxy groups -OCH3 is 4. The van der Waals surface area contributed by atoms with Crippen molar-refractivity contribution < 1.29 is 33.2 Å². The van der Waals surface area contributed by atoms with Crippen LogP contribution in [0, 0.1) is 0 Å². The molecule has 2 atom stereocenters. The fourth-order valence-electron chi connectivity index (χ4n) is 5.08. The molecule has 1 saturated heterocycles. The lowest BCUT2D eigenvalue weighted by atomic mass is 10.0. The van der Waals surface area contributed by atoms with Crippen LogP contribution in [0.25, 0.3) is 0 Å². The lowest BCUT2D eigenvalue weighted by Crippen LogP contribution is -2.05. The molecule has 1 aliphatic heterocycles. The number of benzene rings is 4. The van der Waals surface area contributed by atoms with Crippen molar-refractivity contribution in [3.05, 3.63) is 107 Å². The molecule has 0 aromatic heterocycles. The first-order valence-electron chi connectivity index (χ1n) is 13.6. The summed E-state index contributed by atoms with van der Waals surface area (Å²) in [6.07, 6.45) is 1.35. The minimum absolute atomic E-state index is 0.141. The lowest BCUT2D eigenvalue weighted by molar-refractivity contribution is 0.0434. The lowest BCUT2D eigenvalue weighted by Gasteiger charge is -2.21. The van der Waals surface area contributed by atoms with Crippen molar-refractivity contribution in [3.8, 4) is 34.5 Å². The van der Waals surface area contributed by atoms with Crippen LogP contribution < -0.4 is 28.4 Å². The zero-order chi connectivity index (χ0) is 28.6. The average Bonchev–Trinajstić information content (AvgIpc) is 3.53. The summed E-state index contributed by atoms with van der Waals surface area (Å²) in [7, 11) is 6.46. The molecule has 214 valence electrons. The molecular formula is C34H36O7. The molecule has 0 amide bonds. The summed E-state index contributed by atoms with van der Waals surface area (Å²) < 4.78 is 41.6. The minimum Gasteiger partial charge on any atom is -0.493 e. The van der Waals surface area contributed by atoms with Crippen molar-refractivity contribution in [1.29, 1.82) is 0 Å². The van der Waals surface area contributed by atoms with E-state index in [1.54, 1.807) is 28.4 Å². The van der Waals surface area contributed by atoms with Gasteiger partial charge in [-0.15, -0.1) is 0 Å². The average molecular weight is 557 g/mol. The van der Waals surface area contributed by atoms with Crippen molar-refractivity contribution in [1.82, 2.24) is 0 Å². The van der Waals surface area contributed by atoms with Crippen molar-refractivity contribution in [2.45, 2.75) is 38.3 Å². The number of hydrogen-bond donors (Lipinski definition) is 0. The normalized spacial score (nSPS) is 16.2. The van der Waals surface area contributed by atoms with Gasteiger partial charge in [-0.1, -0.05) is 60.7 Å². The Bertz CT molecular complexity index is 1330. The standard InChI is InChI=1S/C34H36O7/c1-35-29-17-25(18-30(36-2)33(29)37-3)27-15-16-28(41-27)26-19-31(39-21-23-11-7-5-8-12-23)34(38-4)32(20-26)40-22-24-13-9-6-10-14-24/h5-14,17-20,27-28H,15-16,21-22H2,1-4H3/t27-,28-/m0/s1. The van der Waals surface area contributed by atoms with Crippen molar-refractivity contribution in [3.63, 3.8) is 0 Å². The van der Waals surface area contributed by atoms with Gasteiger partial charge >= 0.3 is 0 Å². The molecular weight excluding hydrogens is 520 g/mol. The van der Waals surface area contributed by atoms with Gasteiger partial charge in [0, 0.05) is 0 Å².